The van der Waals surface area contributed by atoms with Crippen molar-refractivity contribution >= 4 is 45.0 Å². The number of carbonyl (C=O) groups is 2. The number of amides is 3. The Bertz CT molecular complexity index is 1320. The van der Waals surface area contributed by atoms with Crippen molar-refractivity contribution in [3.05, 3.63) is 46.1 Å². The fraction of sp³-hybridized carbons (Fsp3) is 0.300. The van der Waals surface area contributed by atoms with E-state index in [0.717, 1.165) is 16.2 Å². The predicted molar refractivity (Wildman–Crippen MR) is 117 cm³/mol. The van der Waals surface area contributed by atoms with Gasteiger partial charge in [-0.15, -0.1) is 11.3 Å². The number of halogens is 3. The maximum Gasteiger partial charge on any atom is 0.420 e. The summed E-state index contributed by atoms with van der Waals surface area (Å²) in [4.78, 5) is 43.5. The topological polar surface area (TPSA) is 130 Å². The quantitative estimate of drug-likeness (QED) is 0.301. The average Bonchev–Trinajstić information content (AvgIpc) is 3.25. The Hall–Kier alpha value is -3.81. The second-order valence-electron chi connectivity index (χ2n) is 7.98. The van der Waals surface area contributed by atoms with Gasteiger partial charge < -0.3 is 10.6 Å². The number of carbonyl (C=O) groups excluding carboxylic acids is 2. The predicted octanol–water partition coefficient (Wildman–Crippen LogP) is 4.03. The lowest BCUT2D eigenvalue weighted by Crippen LogP contribution is -2.40. The number of fused-ring (bicyclic) bond motifs is 1. The number of aromatic nitrogens is 2. The minimum atomic E-state index is -4.73. The summed E-state index contributed by atoms with van der Waals surface area (Å²) in [5.41, 5.74) is -2.66. The molecule has 1 aromatic carbocycles. The Balaban J connectivity index is 1.61. The van der Waals surface area contributed by atoms with Gasteiger partial charge in [0.2, 0.25) is 5.95 Å². The summed E-state index contributed by atoms with van der Waals surface area (Å²) < 4.78 is 41.5. The SMILES string of the molecule is CC1(C)NC(=O)N(CCNc2ncc(C(F)(F)F)c(-c3cc4cc([N+](=O)[O-])ccc4s3)n2)C1=O. The lowest BCUT2D eigenvalue weighted by molar-refractivity contribution is -0.384. The number of nitro benzene ring substituents is 1. The van der Waals surface area contributed by atoms with Gasteiger partial charge in [0.1, 0.15) is 11.1 Å². The molecule has 1 saturated heterocycles. The molecule has 1 aliphatic rings. The van der Waals surface area contributed by atoms with Crippen molar-refractivity contribution in [2.45, 2.75) is 25.6 Å². The largest absolute Gasteiger partial charge is 0.420 e. The standard InChI is InChI=1S/C20H17F3N6O4S/c1-19(2)16(30)28(18(31)27-19)6-5-24-17-25-9-12(20(21,22)23)15(26-17)14-8-10-7-11(29(32)33)3-4-13(10)34-14/h3-4,7-9H,5-6H2,1-2H3,(H,27,31)(H,24,25,26). The summed E-state index contributed by atoms with van der Waals surface area (Å²) in [6, 6.07) is 4.86. The number of thiophene rings is 1. The van der Waals surface area contributed by atoms with Gasteiger partial charge in [0.25, 0.3) is 11.6 Å². The van der Waals surface area contributed by atoms with Gasteiger partial charge >= 0.3 is 12.2 Å². The van der Waals surface area contributed by atoms with Gasteiger partial charge in [-0.3, -0.25) is 19.8 Å². The first kappa shape index (κ1) is 23.4. The number of non-ortho nitro benzene ring substituents is 1. The van der Waals surface area contributed by atoms with Gasteiger partial charge in [-0.2, -0.15) is 13.2 Å². The molecule has 3 heterocycles. The molecule has 10 nitrogen and oxygen atoms in total. The first-order valence-corrected chi connectivity index (χ1v) is 10.7. The molecule has 4 rings (SSSR count). The van der Waals surface area contributed by atoms with E-state index in [0.29, 0.717) is 16.3 Å². The number of hydrogen-bond acceptors (Lipinski definition) is 8. The smallest absolute Gasteiger partial charge is 0.352 e. The third-order valence-corrected chi connectivity index (χ3v) is 6.22. The first-order chi connectivity index (χ1) is 15.9. The Morgan fingerprint density at radius 3 is 2.62 bits per heavy atom. The highest BCUT2D eigenvalue weighted by Gasteiger charge is 2.43. The van der Waals surface area contributed by atoms with E-state index >= 15 is 0 Å². The van der Waals surface area contributed by atoms with Crippen LogP contribution in [0.25, 0.3) is 20.7 Å². The highest BCUT2D eigenvalue weighted by Crippen LogP contribution is 2.41. The minimum absolute atomic E-state index is 0.0126. The molecular weight excluding hydrogens is 477 g/mol. The molecule has 14 heteroatoms. The van der Waals surface area contributed by atoms with Crippen molar-refractivity contribution in [3.63, 3.8) is 0 Å². The number of anilines is 1. The number of hydrogen-bond donors (Lipinski definition) is 2. The van der Waals surface area contributed by atoms with Crippen molar-refractivity contribution in [3.8, 4) is 10.6 Å². The Kier molecular flexibility index (Phi) is 5.63. The molecule has 0 radical (unpaired) electrons. The number of rotatable bonds is 6. The van der Waals surface area contributed by atoms with Crippen LogP contribution in [0.4, 0.5) is 29.6 Å². The number of urea groups is 1. The van der Waals surface area contributed by atoms with Crippen LogP contribution in [-0.2, 0) is 11.0 Å². The monoisotopic (exact) mass is 494 g/mol. The number of nitro groups is 1. The first-order valence-electron chi connectivity index (χ1n) is 9.87. The van der Waals surface area contributed by atoms with E-state index in [4.69, 9.17) is 0 Å². The molecule has 0 atom stereocenters. The summed E-state index contributed by atoms with van der Waals surface area (Å²) in [6.07, 6.45) is -4.09. The molecule has 0 bridgehead atoms. The van der Waals surface area contributed by atoms with E-state index in [-0.39, 0.29) is 35.3 Å². The summed E-state index contributed by atoms with van der Waals surface area (Å²) in [7, 11) is 0. The highest BCUT2D eigenvalue weighted by atomic mass is 32.1. The van der Waals surface area contributed by atoms with Gasteiger partial charge in [-0.05, 0) is 31.4 Å². The molecule has 0 unspecified atom stereocenters. The maximum absolute atomic E-state index is 13.6. The molecule has 1 fully saturated rings. The van der Waals surface area contributed by atoms with Crippen LogP contribution in [0.1, 0.15) is 19.4 Å². The summed E-state index contributed by atoms with van der Waals surface area (Å²) in [6.45, 7) is 3.09. The molecule has 178 valence electrons. The highest BCUT2D eigenvalue weighted by molar-refractivity contribution is 7.22. The van der Waals surface area contributed by atoms with Crippen LogP contribution in [0.3, 0.4) is 0 Å². The fourth-order valence-corrected chi connectivity index (χ4v) is 4.47. The Morgan fingerprint density at radius 1 is 1.26 bits per heavy atom. The minimum Gasteiger partial charge on any atom is -0.352 e. The third kappa shape index (κ3) is 4.35. The molecular formula is C20H17F3N6O4S. The zero-order valence-corrected chi connectivity index (χ0v) is 18.6. The lowest BCUT2D eigenvalue weighted by Gasteiger charge is -2.16. The van der Waals surface area contributed by atoms with E-state index in [1.165, 1.54) is 24.3 Å². The zero-order valence-electron chi connectivity index (χ0n) is 17.8. The van der Waals surface area contributed by atoms with E-state index in [2.05, 4.69) is 20.6 Å². The molecule has 2 N–H and O–H groups in total. The van der Waals surface area contributed by atoms with Crippen molar-refractivity contribution in [1.82, 2.24) is 20.2 Å². The third-order valence-electron chi connectivity index (χ3n) is 5.10. The van der Waals surface area contributed by atoms with Gasteiger partial charge in [-0.1, -0.05) is 0 Å². The van der Waals surface area contributed by atoms with Crippen molar-refractivity contribution in [2.24, 2.45) is 0 Å². The van der Waals surface area contributed by atoms with E-state index in [1.807, 2.05) is 0 Å². The van der Waals surface area contributed by atoms with Gasteiger partial charge in [0.05, 0.1) is 15.5 Å². The van der Waals surface area contributed by atoms with Crippen LogP contribution < -0.4 is 10.6 Å². The van der Waals surface area contributed by atoms with Gasteiger partial charge in [0.15, 0.2) is 0 Å². The lowest BCUT2D eigenvalue weighted by atomic mass is 10.1. The number of nitrogens with one attached hydrogen (secondary N) is 2. The average molecular weight is 494 g/mol. The molecule has 2 aromatic heterocycles. The second-order valence-corrected chi connectivity index (χ2v) is 9.07. The van der Waals surface area contributed by atoms with Crippen molar-refractivity contribution < 1.29 is 27.7 Å². The van der Waals surface area contributed by atoms with Crippen LogP contribution in [0.5, 0.6) is 0 Å². The van der Waals surface area contributed by atoms with Crippen LogP contribution in [0.15, 0.2) is 30.5 Å². The number of nitrogens with zero attached hydrogens (tertiary/aromatic N) is 4. The summed E-state index contributed by atoms with van der Waals surface area (Å²) in [5, 5.41) is 16.7. The fourth-order valence-electron chi connectivity index (χ4n) is 3.42. The molecule has 3 amide bonds. The van der Waals surface area contributed by atoms with Crippen LogP contribution >= 0.6 is 11.3 Å². The van der Waals surface area contributed by atoms with Gasteiger partial charge in [0, 0.05) is 36.1 Å². The summed E-state index contributed by atoms with van der Waals surface area (Å²) >= 11 is 1.01. The molecule has 34 heavy (non-hydrogen) atoms. The van der Waals surface area contributed by atoms with Crippen molar-refractivity contribution in [2.75, 3.05) is 18.4 Å². The summed E-state index contributed by atoms with van der Waals surface area (Å²) in [5.74, 6) is -0.551. The van der Waals surface area contributed by atoms with E-state index in [9.17, 15) is 32.9 Å². The van der Waals surface area contributed by atoms with E-state index < -0.39 is 34.1 Å². The molecule has 3 aromatic rings. The van der Waals surface area contributed by atoms with Crippen LogP contribution in [0, 0.1) is 10.1 Å². The normalized spacial score (nSPS) is 15.6. The Labute approximate surface area is 193 Å². The Morgan fingerprint density at radius 2 is 2.00 bits per heavy atom. The van der Waals surface area contributed by atoms with Crippen LogP contribution in [-0.4, -0.2) is 50.4 Å². The molecule has 0 spiro atoms. The van der Waals surface area contributed by atoms with Crippen LogP contribution in [0.2, 0.25) is 0 Å². The van der Waals surface area contributed by atoms with Gasteiger partial charge in [-0.25, -0.2) is 14.8 Å². The molecule has 0 saturated carbocycles. The van der Waals surface area contributed by atoms with Crippen molar-refractivity contribution in [1.29, 1.82) is 0 Å². The second kappa shape index (κ2) is 8.20. The molecule has 0 aliphatic carbocycles. The number of imide groups is 1. The zero-order chi connectivity index (χ0) is 24.8. The van der Waals surface area contributed by atoms with E-state index in [1.54, 1.807) is 13.8 Å². The number of benzene rings is 1. The number of alkyl halides is 3. The molecule has 1 aliphatic heterocycles. The maximum atomic E-state index is 13.6.